The zero-order chi connectivity index (χ0) is 20.5. The minimum atomic E-state index is -0.253. The van der Waals surface area contributed by atoms with Gasteiger partial charge in [0.15, 0.2) is 0 Å². The number of hydrogen-bond donors (Lipinski definition) is 0. The molecule has 1 unspecified atom stereocenters. The number of pyridine rings is 1. The summed E-state index contributed by atoms with van der Waals surface area (Å²) in [4.78, 5) is 47.3. The number of carbonyl (C=O) groups is 3. The van der Waals surface area contributed by atoms with Crippen LogP contribution in [0.2, 0.25) is 0 Å². The molecule has 29 heavy (non-hydrogen) atoms. The van der Waals surface area contributed by atoms with E-state index in [4.69, 9.17) is 9.47 Å². The molecule has 1 atom stereocenters. The van der Waals surface area contributed by atoms with E-state index in [0.29, 0.717) is 31.1 Å². The van der Waals surface area contributed by atoms with Crippen molar-refractivity contribution in [3.8, 4) is 11.8 Å². The minimum Gasteiger partial charge on any atom is -0.481 e. The number of aromatic nitrogens is 1. The highest BCUT2D eigenvalue weighted by Crippen LogP contribution is 2.29. The molecular weight excluding hydrogens is 376 g/mol. The smallest absolute Gasteiger partial charge is 0.259 e. The second-order valence-electron chi connectivity index (χ2n) is 7.75. The standard InChI is InChI=1S/C20H26N4O5/c1-28-16-6-5-15(18(21-16)29-2)20(27)23-11-14(12-23)24-10-13(9-17(24)25)19(26)22-7-3-4-8-22/h5-6,13-14H,3-4,7-12H2,1-2H3. The van der Waals surface area contributed by atoms with E-state index in [0.717, 1.165) is 25.9 Å². The first kappa shape index (κ1) is 19.5. The first-order valence-electron chi connectivity index (χ1n) is 9.98. The lowest BCUT2D eigenvalue weighted by atomic mass is 10.0. The van der Waals surface area contributed by atoms with Crippen LogP contribution in [0, 0.1) is 5.92 Å². The summed E-state index contributed by atoms with van der Waals surface area (Å²) in [5, 5.41) is 0. The summed E-state index contributed by atoms with van der Waals surface area (Å²) in [5.74, 6) is 0.242. The highest BCUT2D eigenvalue weighted by atomic mass is 16.5. The van der Waals surface area contributed by atoms with Gasteiger partial charge in [-0.25, -0.2) is 0 Å². The maximum atomic E-state index is 12.8. The van der Waals surface area contributed by atoms with Gasteiger partial charge in [-0.2, -0.15) is 4.98 Å². The Morgan fingerprint density at radius 1 is 1.03 bits per heavy atom. The normalized spacial score (nSPS) is 22.1. The Hall–Kier alpha value is -2.84. The highest BCUT2D eigenvalue weighted by Gasteiger charge is 2.44. The molecule has 1 aromatic heterocycles. The molecule has 0 aliphatic carbocycles. The van der Waals surface area contributed by atoms with Crippen LogP contribution in [0.25, 0.3) is 0 Å². The number of amides is 3. The predicted octanol–water partition coefficient (Wildman–Crippen LogP) is 0.394. The fraction of sp³-hybridized carbons (Fsp3) is 0.600. The Bertz CT molecular complexity index is 817. The third-order valence-corrected chi connectivity index (χ3v) is 5.98. The van der Waals surface area contributed by atoms with Gasteiger partial charge < -0.3 is 24.2 Å². The first-order chi connectivity index (χ1) is 14.0. The van der Waals surface area contributed by atoms with E-state index < -0.39 is 0 Å². The highest BCUT2D eigenvalue weighted by molar-refractivity contribution is 5.97. The minimum absolute atomic E-state index is 0.00309. The van der Waals surface area contributed by atoms with Crippen LogP contribution in [0.4, 0.5) is 0 Å². The second kappa shape index (κ2) is 7.88. The van der Waals surface area contributed by atoms with E-state index in [-0.39, 0.29) is 42.0 Å². The monoisotopic (exact) mass is 402 g/mol. The maximum absolute atomic E-state index is 12.8. The zero-order valence-corrected chi connectivity index (χ0v) is 16.8. The van der Waals surface area contributed by atoms with Crippen LogP contribution in [0.5, 0.6) is 11.8 Å². The predicted molar refractivity (Wildman–Crippen MR) is 103 cm³/mol. The van der Waals surface area contributed by atoms with Gasteiger partial charge >= 0.3 is 0 Å². The van der Waals surface area contributed by atoms with Gasteiger partial charge in [-0.1, -0.05) is 0 Å². The average Bonchev–Trinajstić information content (AvgIpc) is 3.36. The van der Waals surface area contributed by atoms with E-state index in [9.17, 15) is 14.4 Å². The number of rotatable bonds is 5. The summed E-state index contributed by atoms with van der Waals surface area (Å²) in [6.45, 7) is 2.95. The van der Waals surface area contributed by atoms with E-state index in [1.165, 1.54) is 14.2 Å². The molecule has 0 aromatic carbocycles. The summed E-state index contributed by atoms with van der Waals surface area (Å²) in [6.07, 6.45) is 2.36. The van der Waals surface area contributed by atoms with Gasteiger partial charge in [0.1, 0.15) is 5.56 Å². The zero-order valence-electron chi connectivity index (χ0n) is 16.8. The van der Waals surface area contributed by atoms with Crippen LogP contribution in [0.1, 0.15) is 29.6 Å². The van der Waals surface area contributed by atoms with Crippen molar-refractivity contribution in [1.82, 2.24) is 19.7 Å². The van der Waals surface area contributed by atoms with Gasteiger partial charge in [0, 0.05) is 45.2 Å². The van der Waals surface area contributed by atoms with Crippen molar-refractivity contribution in [3.63, 3.8) is 0 Å². The second-order valence-corrected chi connectivity index (χ2v) is 7.75. The molecule has 0 saturated carbocycles. The fourth-order valence-corrected chi connectivity index (χ4v) is 4.29. The number of hydrogen-bond acceptors (Lipinski definition) is 6. The molecule has 3 fully saturated rings. The van der Waals surface area contributed by atoms with Gasteiger partial charge in [-0.05, 0) is 18.9 Å². The van der Waals surface area contributed by atoms with E-state index >= 15 is 0 Å². The lowest BCUT2D eigenvalue weighted by Gasteiger charge is -2.44. The van der Waals surface area contributed by atoms with Crippen LogP contribution in [0.3, 0.4) is 0 Å². The summed E-state index contributed by atoms with van der Waals surface area (Å²) < 4.78 is 10.3. The Morgan fingerprint density at radius 2 is 1.76 bits per heavy atom. The third kappa shape index (κ3) is 3.61. The Labute approximate surface area is 169 Å². The van der Waals surface area contributed by atoms with Crippen molar-refractivity contribution in [2.75, 3.05) is 46.9 Å². The van der Waals surface area contributed by atoms with Crippen molar-refractivity contribution in [2.24, 2.45) is 5.92 Å². The van der Waals surface area contributed by atoms with E-state index in [2.05, 4.69) is 4.98 Å². The fourth-order valence-electron chi connectivity index (χ4n) is 4.29. The van der Waals surface area contributed by atoms with Gasteiger partial charge in [0.25, 0.3) is 5.91 Å². The van der Waals surface area contributed by atoms with E-state index in [1.54, 1.807) is 21.9 Å². The molecule has 156 valence electrons. The number of nitrogens with zero attached hydrogens (tertiary/aromatic N) is 4. The van der Waals surface area contributed by atoms with Crippen LogP contribution >= 0.6 is 0 Å². The molecule has 9 nitrogen and oxygen atoms in total. The molecule has 3 aliphatic rings. The van der Waals surface area contributed by atoms with Crippen LogP contribution in [0.15, 0.2) is 12.1 Å². The number of ether oxygens (including phenoxy) is 2. The SMILES string of the molecule is COc1ccc(C(=O)N2CC(N3CC(C(=O)N4CCCC4)CC3=O)C2)c(OC)n1. The van der Waals surface area contributed by atoms with Crippen molar-refractivity contribution in [3.05, 3.63) is 17.7 Å². The molecule has 0 spiro atoms. The van der Waals surface area contributed by atoms with E-state index in [1.807, 2.05) is 4.90 Å². The molecule has 0 radical (unpaired) electrons. The summed E-state index contributed by atoms with van der Waals surface area (Å²) in [7, 11) is 2.95. The lowest BCUT2D eigenvalue weighted by Crippen LogP contribution is -2.61. The molecular formula is C20H26N4O5. The number of methoxy groups -OCH3 is 2. The van der Waals surface area contributed by atoms with Crippen molar-refractivity contribution >= 4 is 17.7 Å². The largest absolute Gasteiger partial charge is 0.481 e. The van der Waals surface area contributed by atoms with Crippen molar-refractivity contribution in [2.45, 2.75) is 25.3 Å². The quantitative estimate of drug-likeness (QED) is 0.708. The third-order valence-electron chi connectivity index (χ3n) is 5.98. The van der Waals surface area contributed by atoms with Gasteiger partial charge in [0.2, 0.25) is 23.6 Å². The molecule has 3 aliphatic heterocycles. The summed E-state index contributed by atoms with van der Waals surface area (Å²) in [6, 6.07) is 3.21. The summed E-state index contributed by atoms with van der Waals surface area (Å²) in [5.41, 5.74) is 0.363. The molecule has 1 aromatic rings. The molecule has 4 rings (SSSR count). The van der Waals surface area contributed by atoms with Crippen molar-refractivity contribution < 1.29 is 23.9 Å². The Kier molecular flexibility index (Phi) is 5.29. The molecule has 3 saturated heterocycles. The summed E-state index contributed by atoms with van der Waals surface area (Å²) >= 11 is 0. The van der Waals surface area contributed by atoms with Crippen LogP contribution < -0.4 is 9.47 Å². The molecule has 3 amide bonds. The molecule has 0 N–H and O–H groups in total. The molecule has 9 heteroatoms. The Morgan fingerprint density at radius 3 is 2.41 bits per heavy atom. The average molecular weight is 402 g/mol. The lowest BCUT2D eigenvalue weighted by molar-refractivity contribution is -0.135. The first-order valence-corrected chi connectivity index (χ1v) is 9.98. The topological polar surface area (TPSA) is 92.3 Å². The maximum Gasteiger partial charge on any atom is 0.259 e. The van der Waals surface area contributed by atoms with Gasteiger partial charge in [0.05, 0.1) is 26.2 Å². The van der Waals surface area contributed by atoms with Crippen LogP contribution in [-0.2, 0) is 9.59 Å². The number of likely N-dealkylation sites (tertiary alicyclic amines) is 3. The van der Waals surface area contributed by atoms with Gasteiger partial charge in [-0.15, -0.1) is 0 Å². The van der Waals surface area contributed by atoms with Crippen molar-refractivity contribution in [1.29, 1.82) is 0 Å². The number of carbonyl (C=O) groups excluding carboxylic acids is 3. The molecule has 4 heterocycles. The molecule has 0 bridgehead atoms. The Balaban J connectivity index is 1.35. The van der Waals surface area contributed by atoms with Crippen LogP contribution in [-0.4, -0.2) is 90.4 Å². The van der Waals surface area contributed by atoms with Gasteiger partial charge in [-0.3, -0.25) is 14.4 Å².